The van der Waals surface area contributed by atoms with Crippen molar-refractivity contribution in [3.63, 3.8) is 0 Å². The van der Waals surface area contributed by atoms with Crippen molar-refractivity contribution in [1.82, 2.24) is 4.98 Å². The SMILES string of the molecule is CCOC(=O)c1nc(C(F)F)ccc1I. The second-order valence-electron chi connectivity index (χ2n) is 2.59. The van der Waals surface area contributed by atoms with Gasteiger partial charge < -0.3 is 4.74 Å². The van der Waals surface area contributed by atoms with Gasteiger partial charge >= 0.3 is 5.97 Å². The van der Waals surface area contributed by atoms with Crippen molar-refractivity contribution in [1.29, 1.82) is 0 Å². The summed E-state index contributed by atoms with van der Waals surface area (Å²) in [4.78, 5) is 14.9. The van der Waals surface area contributed by atoms with Crippen molar-refractivity contribution in [2.45, 2.75) is 13.3 Å². The van der Waals surface area contributed by atoms with Gasteiger partial charge in [0.2, 0.25) is 0 Å². The molecule has 0 fully saturated rings. The van der Waals surface area contributed by atoms with E-state index in [1.807, 2.05) is 22.6 Å². The molecule has 0 amide bonds. The average Bonchev–Trinajstić information content (AvgIpc) is 2.18. The van der Waals surface area contributed by atoms with Crippen LogP contribution in [-0.4, -0.2) is 17.6 Å². The van der Waals surface area contributed by atoms with Gasteiger partial charge in [-0.2, -0.15) is 0 Å². The molecule has 3 nitrogen and oxygen atoms in total. The monoisotopic (exact) mass is 327 g/mol. The molecule has 0 N–H and O–H groups in total. The highest BCUT2D eigenvalue weighted by Gasteiger charge is 2.17. The van der Waals surface area contributed by atoms with Gasteiger partial charge in [-0.25, -0.2) is 18.6 Å². The predicted octanol–water partition coefficient (Wildman–Crippen LogP) is 2.80. The Morgan fingerprint density at radius 2 is 2.27 bits per heavy atom. The largest absolute Gasteiger partial charge is 0.461 e. The zero-order valence-electron chi connectivity index (χ0n) is 7.84. The molecule has 6 heteroatoms. The van der Waals surface area contributed by atoms with E-state index in [1.165, 1.54) is 12.1 Å². The molecule has 0 bridgehead atoms. The van der Waals surface area contributed by atoms with Crippen molar-refractivity contribution in [3.05, 3.63) is 27.1 Å². The molecular formula is C9H8F2INO2. The van der Waals surface area contributed by atoms with E-state index in [-0.39, 0.29) is 12.3 Å². The molecule has 1 heterocycles. The Labute approximate surface area is 99.0 Å². The number of pyridine rings is 1. The Morgan fingerprint density at radius 3 is 2.80 bits per heavy atom. The highest BCUT2D eigenvalue weighted by Crippen LogP contribution is 2.19. The normalized spacial score (nSPS) is 10.5. The topological polar surface area (TPSA) is 39.2 Å². The summed E-state index contributed by atoms with van der Waals surface area (Å²) in [6.45, 7) is 1.83. The minimum Gasteiger partial charge on any atom is -0.461 e. The molecule has 1 aromatic rings. The summed E-state index contributed by atoms with van der Waals surface area (Å²) < 4.78 is 29.8. The first kappa shape index (κ1) is 12.3. The number of carbonyl (C=O) groups excluding carboxylic acids is 1. The van der Waals surface area contributed by atoms with Gasteiger partial charge in [-0.3, -0.25) is 0 Å². The maximum Gasteiger partial charge on any atom is 0.358 e. The molecule has 0 aromatic carbocycles. The van der Waals surface area contributed by atoms with Gasteiger partial charge in [0.1, 0.15) is 5.69 Å². The molecule has 0 aliphatic carbocycles. The van der Waals surface area contributed by atoms with Crippen LogP contribution >= 0.6 is 22.6 Å². The number of carbonyl (C=O) groups is 1. The van der Waals surface area contributed by atoms with E-state index in [0.29, 0.717) is 3.57 Å². The number of hydrogen-bond donors (Lipinski definition) is 0. The van der Waals surface area contributed by atoms with E-state index < -0.39 is 18.1 Å². The standard InChI is InChI=1S/C9H8F2INO2/c1-2-15-9(14)7-5(12)3-4-6(13-7)8(10)11/h3-4,8H,2H2,1H3. The Morgan fingerprint density at radius 1 is 1.60 bits per heavy atom. The Bertz CT molecular complexity index is 371. The molecular weight excluding hydrogens is 319 g/mol. The molecule has 15 heavy (non-hydrogen) atoms. The summed E-state index contributed by atoms with van der Waals surface area (Å²) in [7, 11) is 0. The lowest BCUT2D eigenvalue weighted by atomic mass is 10.3. The van der Waals surface area contributed by atoms with Crippen LogP contribution in [0.4, 0.5) is 8.78 Å². The van der Waals surface area contributed by atoms with E-state index in [1.54, 1.807) is 6.92 Å². The molecule has 1 aromatic heterocycles. The lowest BCUT2D eigenvalue weighted by Gasteiger charge is -2.05. The van der Waals surface area contributed by atoms with Crippen LogP contribution in [0.2, 0.25) is 0 Å². The van der Waals surface area contributed by atoms with Gasteiger partial charge in [-0.15, -0.1) is 0 Å². The summed E-state index contributed by atoms with van der Waals surface area (Å²) >= 11 is 1.85. The molecule has 0 unspecified atom stereocenters. The summed E-state index contributed by atoms with van der Waals surface area (Å²) in [6.07, 6.45) is -2.69. The van der Waals surface area contributed by atoms with Crippen molar-refractivity contribution in [3.8, 4) is 0 Å². The van der Waals surface area contributed by atoms with Crippen LogP contribution in [0, 0.1) is 3.57 Å². The first-order valence-corrected chi connectivity index (χ1v) is 5.25. The Balaban J connectivity index is 3.05. The molecule has 0 atom stereocenters. The van der Waals surface area contributed by atoms with Gasteiger partial charge in [-0.05, 0) is 41.6 Å². The highest BCUT2D eigenvalue weighted by atomic mass is 127. The molecule has 0 saturated heterocycles. The quantitative estimate of drug-likeness (QED) is 0.633. The number of aromatic nitrogens is 1. The van der Waals surface area contributed by atoms with Crippen LogP contribution in [0.15, 0.2) is 12.1 Å². The maximum absolute atomic E-state index is 12.3. The van der Waals surface area contributed by atoms with Gasteiger partial charge in [0.25, 0.3) is 6.43 Å². The van der Waals surface area contributed by atoms with E-state index in [0.717, 1.165) is 0 Å². The number of nitrogens with zero attached hydrogens (tertiary/aromatic N) is 1. The van der Waals surface area contributed by atoms with Crippen LogP contribution in [0.3, 0.4) is 0 Å². The summed E-state index contributed by atoms with van der Waals surface area (Å²) in [5.41, 5.74) is -0.478. The Kier molecular flexibility index (Phi) is 4.37. The fraction of sp³-hybridized carbons (Fsp3) is 0.333. The molecule has 0 aliphatic rings. The van der Waals surface area contributed by atoms with Gasteiger partial charge in [0, 0.05) is 3.57 Å². The van der Waals surface area contributed by atoms with Crippen molar-refractivity contribution in [2.24, 2.45) is 0 Å². The van der Waals surface area contributed by atoms with Gasteiger partial charge in [0.15, 0.2) is 5.69 Å². The summed E-state index contributed by atoms with van der Waals surface area (Å²) in [5, 5.41) is 0. The number of ether oxygens (including phenoxy) is 1. The number of halogens is 3. The maximum atomic E-state index is 12.3. The fourth-order valence-electron chi connectivity index (χ4n) is 0.921. The van der Waals surface area contributed by atoms with Gasteiger partial charge in [0.05, 0.1) is 6.61 Å². The molecule has 0 radical (unpaired) electrons. The lowest BCUT2D eigenvalue weighted by molar-refractivity contribution is 0.0516. The minimum absolute atomic E-state index is 0.0600. The molecule has 0 aliphatic heterocycles. The first-order chi connectivity index (χ1) is 7.06. The fourth-order valence-corrected chi connectivity index (χ4v) is 1.44. The third kappa shape index (κ3) is 3.08. The number of hydrogen-bond acceptors (Lipinski definition) is 3. The van der Waals surface area contributed by atoms with Crippen molar-refractivity contribution in [2.75, 3.05) is 6.61 Å². The van der Waals surface area contributed by atoms with Crippen LogP contribution in [0.5, 0.6) is 0 Å². The lowest BCUT2D eigenvalue weighted by Crippen LogP contribution is -2.10. The molecule has 0 saturated carbocycles. The minimum atomic E-state index is -2.69. The predicted molar refractivity (Wildman–Crippen MR) is 57.9 cm³/mol. The van der Waals surface area contributed by atoms with E-state index in [2.05, 4.69) is 4.98 Å². The molecule has 1 rings (SSSR count). The highest BCUT2D eigenvalue weighted by molar-refractivity contribution is 14.1. The van der Waals surface area contributed by atoms with Crippen molar-refractivity contribution >= 4 is 28.6 Å². The second kappa shape index (κ2) is 5.34. The second-order valence-corrected chi connectivity index (χ2v) is 3.75. The van der Waals surface area contributed by atoms with E-state index in [4.69, 9.17) is 4.74 Å². The number of rotatable bonds is 3. The molecule has 0 spiro atoms. The smallest absolute Gasteiger partial charge is 0.358 e. The van der Waals surface area contributed by atoms with E-state index >= 15 is 0 Å². The first-order valence-electron chi connectivity index (χ1n) is 4.18. The number of esters is 1. The van der Waals surface area contributed by atoms with Crippen LogP contribution in [-0.2, 0) is 4.74 Å². The van der Waals surface area contributed by atoms with Crippen LogP contribution in [0.1, 0.15) is 29.5 Å². The number of alkyl halides is 2. The van der Waals surface area contributed by atoms with E-state index in [9.17, 15) is 13.6 Å². The third-order valence-electron chi connectivity index (χ3n) is 1.56. The van der Waals surface area contributed by atoms with Crippen LogP contribution in [0.25, 0.3) is 0 Å². The van der Waals surface area contributed by atoms with Crippen LogP contribution < -0.4 is 0 Å². The summed E-state index contributed by atoms with van der Waals surface area (Å²) in [5.74, 6) is -0.676. The summed E-state index contributed by atoms with van der Waals surface area (Å²) in [6, 6.07) is 2.61. The third-order valence-corrected chi connectivity index (χ3v) is 2.43. The molecule has 82 valence electrons. The van der Waals surface area contributed by atoms with Crippen molar-refractivity contribution < 1.29 is 18.3 Å². The average molecular weight is 327 g/mol. The van der Waals surface area contributed by atoms with Gasteiger partial charge in [-0.1, -0.05) is 0 Å². The Hall–Kier alpha value is -0.790. The zero-order chi connectivity index (χ0) is 11.4. The zero-order valence-corrected chi connectivity index (χ0v) is 9.99.